The number of rotatable bonds is 15. The summed E-state index contributed by atoms with van der Waals surface area (Å²) in [4.78, 5) is 17.8. The molecule has 2 rings (SSSR count). The van der Waals surface area contributed by atoms with E-state index in [0.29, 0.717) is 0 Å². The number of unbranched alkanes of at least 4 members (excludes halogenated alkanes) is 9. The van der Waals surface area contributed by atoms with Gasteiger partial charge in [0.1, 0.15) is 13.1 Å². The lowest BCUT2D eigenvalue weighted by molar-refractivity contribution is -0.704. The second-order valence-corrected chi connectivity index (χ2v) is 9.92. The molecule has 0 amide bonds. The van der Waals surface area contributed by atoms with Gasteiger partial charge in [-0.25, -0.2) is 9.13 Å². The largest absolute Gasteiger partial charge is 0.550 e. The third-order valence-corrected chi connectivity index (χ3v) is 5.85. The molecule has 0 aliphatic rings. The second kappa shape index (κ2) is 28.3. The molecule has 0 atom stereocenters. The second-order valence-electron chi connectivity index (χ2n) is 9.92. The highest BCUT2D eigenvalue weighted by Gasteiger charge is 2.08. The van der Waals surface area contributed by atoms with Gasteiger partial charge >= 0.3 is 0 Å². The fourth-order valence-electron chi connectivity index (χ4n) is 3.89. The lowest BCUT2D eigenvalue weighted by atomic mass is 10.1. The number of aryl methyl sites for hydroxylation is 4. The monoisotopic (exact) mass is 544 g/mol. The highest BCUT2D eigenvalue weighted by Crippen LogP contribution is 2.04. The maximum atomic E-state index is 8.89. The lowest BCUT2D eigenvalue weighted by Crippen LogP contribution is -2.37. The number of carboxylic acid groups (broad SMARTS) is 2. The molecule has 2 aromatic heterocycles. The quantitative estimate of drug-likeness (QED) is 0.232. The summed E-state index contributed by atoms with van der Waals surface area (Å²) in [5, 5.41) is 17.8. The van der Waals surface area contributed by atoms with Gasteiger partial charge in [-0.2, -0.15) is 0 Å². The highest BCUT2D eigenvalue weighted by molar-refractivity contribution is 5.60. The van der Waals surface area contributed by atoms with Crippen LogP contribution in [0.1, 0.15) is 123 Å². The van der Waals surface area contributed by atoms with Crippen molar-refractivity contribution in [1.29, 1.82) is 0 Å². The van der Waals surface area contributed by atoms with Crippen molar-refractivity contribution in [2.24, 2.45) is 0 Å². The molecule has 0 aliphatic carbocycles. The average Bonchev–Trinajstić information content (AvgIpc) is 2.88. The maximum absolute atomic E-state index is 8.89. The predicted octanol–water partition coefficient (Wildman–Crippen LogP) is 5.05. The molecule has 2 heterocycles. The minimum absolute atomic E-state index is 0.972. The van der Waals surface area contributed by atoms with E-state index in [1.807, 2.05) is 0 Å². The van der Waals surface area contributed by atoms with E-state index in [9.17, 15) is 0 Å². The number of carbonyl (C=O) groups is 2. The van der Waals surface area contributed by atoms with Crippen molar-refractivity contribution in [3.8, 4) is 0 Å². The van der Waals surface area contributed by atoms with Gasteiger partial charge in [-0.3, -0.25) is 0 Å². The van der Waals surface area contributed by atoms with Crippen LogP contribution in [-0.2, 0) is 29.1 Å². The minimum atomic E-state index is -1.08. The molecule has 0 aromatic carbocycles. The average molecular weight is 545 g/mol. The fraction of sp³-hybridized carbons (Fsp3) is 0.636. The van der Waals surface area contributed by atoms with Gasteiger partial charge in [0.25, 0.3) is 0 Å². The van der Waals surface area contributed by atoms with Crippen LogP contribution in [0.2, 0.25) is 0 Å². The number of aliphatic carboxylic acids is 2. The molecule has 0 unspecified atom stereocenters. The van der Waals surface area contributed by atoms with Gasteiger partial charge in [0.2, 0.25) is 0 Å². The summed E-state index contributed by atoms with van der Waals surface area (Å²) >= 11 is 0. The van der Waals surface area contributed by atoms with Crippen molar-refractivity contribution in [2.75, 3.05) is 0 Å². The molecule has 0 bridgehead atoms. The molecule has 0 N–H and O–H groups in total. The Morgan fingerprint density at radius 1 is 0.667 bits per heavy atom. The number of carboxylic acids is 2. The Balaban J connectivity index is 0. The summed E-state index contributed by atoms with van der Waals surface area (Å²) in [5.41, 5.74) is 2.85. The Bertz CT molecular complexity index is 835. The van der Waals surface area contributed by atoms with Crippen molar-refractivity contribution in [2.45, 2.75) is 138 Å². The molecule has 6 heteroatoms. The maximum Gasteiger partial charge on any atom is 0.181 e. The highest BCUT2D eigenvalue weighted by atomic mass is 16.4. The van der Waals surface area contributed by atoms with E-state index in [1.165, 1.54) is 108 Å². The standard InChI is InChI=1S/C16H28N.C13H22N.2C2H4O2/c1-3-5-7-8-10-14-17-15-11-9-13-16(17)12-6-4-2;1-3-4-5-6-7-10-14-11-8-9-13(2)12-14;2*1-2(3)4/h9,11,13,15H,3-8,10,12,14H2,1-2H3;8-9,11-12H,3-7,10H2,1-2H3;2*1H3,(H,3,4)/q2*+1;;/p-2. The van der Waals surface area contributed by atoms with Gasteiger partial charge in [0.15, 0.2) is 24.3 Å². The summed E-state index contributed by atoms with van der Waals surface area (Å²) in [7, 11) is 0. The first kappa shape index (κ1) is 38.4. The first-order chi connectivity index (χ1) is 18.7. The number of aromatic nitrogens is 2. The molecule has 39 heavy (non-hydrogen) atoms. The molecule has 0 aliphatic heterocycles. The predicted molar refractivity (Wildman–Crippen MR) is 156 cm³/mol. The van der Waals surface area contributed by atoms with Crippen molar-refractivity contribution in [1.82, 2.24) is 0 Å². The van der Waals surface area contributed by atoms with Gasteiger partial charge in [0.05, 0.1) is 0 Å². The van der Waals surface area contributed by atoms with E-state index >= 15 is 0 Å². The van der Waals surface area contributed by atoms with E-state index in [1.54, 1.807) is 0 Å². The summed E-state index contributed by atoms with van der Waals surface area (Å²) in [6.07, 6.45) is 24.1. The van der Waals surface area contributed by atoms with Crippen molar-refractivity contribution in [3.05, 3.63) is 60.2 Å². The zero-order chi connectivity index (χ0) is 29.7. The number of nitrogens with zero attached hydrogens (tertiary/aromatic N) is 2. The van der Waals surface area contributed by atoms with Crippen LogP contribution in [0.5, 0.6) is 0 Å². The number of carbonyl (C=O) groups excluding carboxylic acids is 2. The van der Waals surface area contributed by atoms with Crippen molar-refractivity contribution < 1.29 is 28.9 Å². The van der Waals surface area contributed by atoms with Crippen LogP contribution in [0.4, 0.5) is 0 Å². The van der Waals surface area contributed by atoms with E-state index < -0.39 is 11.9 Å². The number of pyridine rings is 2. The minimum Gasteiger partial charge on any atom is -0.550 e. The number of hydrogen-bond acceptors (Lipinski definition) is 4. The molecule has 222 valence electrons. The summed E-state index contributed by atoms with van der Waals surface area (Å²) in [6, 6.07) is 10.9. The Hall–Kier alpha value is -2.76. The van der Waals surface area contributed by atoms with Crippen LogP contribution in [0.3, 0.4) is 0 Å². The van der Waals surface area contributed by atoms with Gasteiger partial charge in [-0.05, 0) is 46.1 Å². The molecule has 2 aromatic rings. The van der Waals surface area contributed by atoms with Gasteiger partial charge < -0.3 is 19.8 Å². The fourth-order valence-corrected chi connectivity index (χ4v) is 3.89. The summed E-state index contributed by atoms with van der Waals surface area (Å²) in [6.45, 7) is 13.3. The van der Waals surface area contributed by atoms with Gasteiger partial charge in [-0.15, -0.1) is 0 Å². The van der Waals surface area contributed by atoms with E-state index in [4.69, 9.17) is 19.8 Å². The topological polar surface area (TPSA) is 88.0 Å². The molecule has 6 nitrogen and oxygen atoms in total. The van der Waals surface area contributed by atoms with Crippen LogP contribution < -0.4 is 19.3 Å². The molecule has 0 fully saturated rings. The molecular weight excluding hydrogens is 488 g/mol. The van der Waals surface area contributed by atoms with E-state index in [2.05, 4.69) is 85.8 Å². The third-order valence-electron chi connectivity index (χ3n) is 5.85. The Morgan fingerprint density at radius 3 is 1.69 bits per heavy atom. The van der Waals surface area contributed by atoms with Crippen LogP contribution in [0, 0.1) is 6.92 Å². The van der Waals surface area contributed by atoms with Crippen LogP contribution in [0.25, 0.3) is 0 Å². The number of hydrogen-bond donors (Lipinski definition) is 0. The van der Waals surface area contributed by atoms with Crippen LogP contribution in [0.15, 0.2) is 48.9 Å². The first-order valence-corrected chi connectivity index (χ1v) is 15.0. The SMILES string of the molecule is CC(=O)[O-].CC(=O)[O-].CCCCCCC[n+]1cccc(C)c1.CCCCCCC[n+]1ccccc1CCCC. The molecule has 0 saturated carbocycles. The summed E-state index contributed by atoms with van der Waals surface area (Å²) < 4.78 is 4.74. The normalized spacial score (nSPS) is 9.69. The van der Waals surface area contributed by atoms with E-state index in [0.717, 1.165) is 13.8 Å². The van der Waals surface area contributed by atoms with Crippen molar-refractivity contribution >= 4 is 11.9 Å². The van der Waals surface area contributed by atoms with E-state index in [-0.39, 0.29) is 0 Å². The molecule has 0 radical (unpaired) electrons. The third kappa shape index (κ3) is 29.6. The zero-order valence-electron chi connectivity index (χ0n) is 25.8. The summed E-state index contributed by atoms with van der Waals surface area (Å²) in [5.74, 6) is -2.17. The molecule has 0 spiro atoms. The van der Waals surface area contributed by atoms with Crippen LogP contribution in [-0.4, -0.2) is 11.9 Å². The Kier molecular flexibility index (Phi) is 27.8. The molecule has 0 saturated heterocycles. The zero-order valence-corrected chi connectivity index (χ0v) is 25.8. The Labute approximate surface area is 239 Å². The van der Waals surface area contributed by atoms with Gasteiger partial charge in [0, 0.05) is 55.0 Å². The smallest absolute Gasteiger partial charge is 0.181 e. The Morgan fingerprint density at radius 2 is 1.18 bits per heavy atom. The lowest BCUT2D eigenvalue weighted by Gasteiger charge is -2.03. The van der Waals surface area contributed by atoms with Crippen LogP contribution >= 0.6 is 0 Å². The molecular formula is C33H56N2O4. The first-order valence-electron chi connectivity index (χ1n) is 15.0. The van der Waals surface area contributed by atoms with Gasteiger partial charge in [-0.1, -0.05) is 71.8 Å². The van der Waals surface area contributed by atoms with Crippen molar-refractivity contribution in [3.63, 3.8) is 0 Å².